The number of ether oxygens (including phenoxy) is 1. The van der Waals surface area contributed by atoms with E-state index >= 15 is 0 Å². The predicted molar refractivity (Wildman–Crippen MR) is 93.0 cm³/mol. The highest BCUT2D eigenvalue weighted by Crippen LogP contribution is 2.42. The van der Waals surface area contributed by atoms with Crippen molar-refractivity contribution < 1.29 is 4.74 Å². The van der Waals surface area contributed by atoms with Gasteiger partial charge in [0, 0.05) is 27.8 Å². The molecule has 1 atom stereocenters. The van der Waals surface area contributed by atoms with Crippen molar-refractivity contribution >= 4 is 23.4 Å². The van der Waals surface area contributed by atoms with Gasteiger partial charge >= 0.3 is 0 Å². The van der Waals surface area contributed by atoms with E-state index in [0.717, 1.165) is 24.6 Å². The SMILES string of the molecule is CN(C)CCOC1Cc2cc(Cl)ccc2Sc2ccccc21. The summed E-state index contributed by atoms with van der Waals surface area (Å²) in [5.74, 6) is 0. The summed E-state index contributed by atoms with van der Waals surface area (Å²) in [7, 11) is 4.13. The Labute approximate surface area is 141 Å². The highest BCUT2D eigenvalue weighted by molar-refractivity contribution is 7.99. The molecule has 0 aromatic heterocycles. The molecule has 2 aromatic carbocycles. The Balaban J connectivity index is 1.90. The normalized spacial score (nSPS) is 17.0. The summed E-state index contributed by atoms with van der Waals surface area (Å²) in [5, 5.41) is 0.789. The Kier molecular flexibility index (Phi) is 5.09. The monoisotopic (exact) mass is 333 g/mol. The zero-order valence-electron chi connectivity index (χ0n) is 12.9. The van der Waals surface area contributed by atoms with Gasteiger partial charge in [-0.15, -0.1) is 0 Å². The van der Waals surface area contributed by atoms with Crippen molar-refractivity contribution in [3.05, 3.63) is 58.6 Å². The minimum atomic E-state index is 0.0865. The van der Waals surface area contributed by atoms with Gasteiger partial charge in [-0.1, -0.05) is 41.6 Å². The van der Waals surface area contributed by atoms with Crippen LogP contribution in [0.2, 0.25) is 5.02 Å². The highest BCUT2D eigenvalue weighted by Gasteiger charge is 2.23. The second-order valence-corrected chi connectivity index (χ2v) is 7.28. The number of fused-ring (bicyclic) bond motifs is 2. The van der Waals surface area contributed by atoms with E-state index in [2.05, 4.69) is 55.4 Å². The summed E-state index contributed by atoms with van der Waals surface area (Å²) in [6.45, 7) is 1.65. The topological polar surface area (TPSA) is 12.5 Å². The molecule has 0 N–H and O–H groups in total. The fourth-order valence-corrected chi connectivity index (χ4v) is 3.91. The first-order valence-corrected chi connectivity index (χ1v) is 8.64. The average molecular weight is 334 g/mol. The molecule has 0 amide bonds. The average Bonchev–Trinajstić information content (AvgIpc) is 2.63. The van der Waals surface area contributed by atoms with Gasteiger partial charge in [0.15, 0.2) is 0 Å². The quantitative estimate of drug-likeness (QED) is 0.807. The van der Waals surface area contributed by atoms with Gasteiger partial charge < -0.3 is 9.64 Å². The molecule has 0 radical (unpaired) electrons. The van der Waals surface area contributed by atoms with E-state index in [1.807, 2.05) is 6.07 Å². The lowest BCUT2D eigenvalue weighted by Gasteiger charge is -2.20. The highest BCUT2D eigenvalue weighted by atomic mass is 35.5. The largest absolute Gasteiger partial charge is 0.372 e. The molecule has 0 fully saturated rings. The maximum absolute atomic E-state index is 6.20. The van der Waals surface area contributed by atoms with Gasteiger partial charge in [-0.2, -0.15) is 0 Å². The Hall–Kier alpha value is -1.00. The number of hydrogen-bond donors (Lipinski definition) is 0. The van der Waals surface area contributed by atoms with Gasteiger partial charge in [-0.25, -0.2) is 0 Å². The van der Waals surface area contributed by atoms with Crippen LogP contribution in [0.5, 0.6) is 0 Å². The molecule has 0 bridgehead atoms. The van der Waals surface area contributed by atoms with E-state index < -0.39 is 0 Å². The summed E-state index contributed by atoms with van der Waals surface area (Å²) in [5.41, 5.74) is 2.54. The molecule has 2 nitrogen and oxygen atoms in total. The first-order valence-electron chi connectivity index (χ1n) is 7.45. The minimum absolute atomic E-state index is 0.0865. The van der Waals surface area contributed by atoms with Crippen LogP contribution in [0.1, 0.15) is 17.2 Å². The van der Waals surface area contributed by atoms with E-state index in [-0.39, 0.29) is 6.10 Å². The number of likely N-dealkylation sites (N-methyl/N-ethyl adjacent to an activating group) is 1. The summed E-state index contributed by atoms with van der Waals surface area (Å²) in [4.78, 5) is 4.69. The zero-order valence-corrected chi connectivity index (χ0v) is 14.5. The van der Waals surface area contributed by atoms with Gasteiger partial charge in [-0.05, 0) is 49.5 Å². The molecule has 116 valence electrons. The van der Waals surface area contributed by atoms with Crippen LogP contribution in [0, 0.1) is 0 Å². The molecule has 2 aromatic rings. The summed E-state index contributed by atoms with van der Waals surface area (Å²) in [6, 6.07) is 14.7. The van der Waals surface area contributed by atoms with E-state index in [1.165, 1.54) is 20.9 Å². The Bertz CT molecular complexity index is 659. The lowest BCUT2D eigenvalue weighted by molar-refractivity contribution is 0.0420. The number of rotatable bonds is 4. The maximum atomic E-state index is 6.20. The molecular formula is C18H20ClNOS. The van der Waals surface area contributed by atoms with Crippen molar-refractivity contribution in [3.8, 4) is 0 Å². The third-order valence-corrected chi connectivity index (χ3v) is 5.22. The van der Waals surface area contributed by atoms with Gasteiger partial charge in [0.2, 0.25) is 0 Å². The van der Waals surface area contributed by atoms with Crippen LogP contribution in [0.15, 0.2) is 52.3 Å². The van der Waals surface area contributed by atoms with Crippen molar-refractivity contribution in [2.75, 3.05) is 27.2 Å². The van der Waals surface area contributed by atoms with E-state index in [4.69, 9.17) is 16.3 Å². The van der Waals surface area contributed by atoms with Gasteiger partial charge in [0.25, 0.3) is 0 Å². The minimum Gasteiger partial charge on any atom is -0.372 e. The Morgan fingerprint density at radius 3 is 2.82 bits per heavy atom. The van der Waals surface area contributed by atoms with Crippen LogP contribution in [0.25, 0.3) is 0 Å². The molecule has 0 saturated heterocycles. The standard InChI is InChI=1S/C18H20ClNOS/c1-20(2)9-10-21-16-12-13-11-14(19)7-8-17(13)22-18-6-4-3-5-15(16)18/h3-8,11,16H,9-10,12H2,1-2H3. The lowest BCUT2D eigenvalue weighted by Crippen LogP contribution is -2.20. The number of halogens is 1. The molecule has 1 unspecified atom stereocenters. The van der Waals surface area contributed by atoms with Gasteiger partial charge in [0.1, 0.15) is 0 Å². The molecule has 0 spiro atoms. The van der Waals surface area contributed by atoms with Crippen LogP contribution in [0.3, 0.4) is 0 Å². The smallest absolute Gasteiger partial charge is 0.0877 e. The van der Waals surface area contributed by atoms with Crippen LogP contribution in [-0.4, -0.2) is 32.1 Å². The molecule has 4 heteroatoms. The number of benzene rings is 2. The maximum Gasteiger partial charge on any atom is 0.0877 e. The molecule has 1 aliphatic rings. The number of nitrogens with zero attached hydrogens (tertiary/aromatic N) is 1. The second-order valence-electron chi connectivity index (χ2n) is 5.76. The molecule has 0 saturated carbocycles. The second kappa shape index (κ2) is 7.05. The van der Waals surface area contributed by atoms with Crippen molar-refractivity contribution in [1.82, 2.24) is 4.90 Å². The van der Waals surface area contributed by atoms with E-state index in [9.17, 15) is 0 Å². The Morgan fingerprint density at radius 1 is 1.18 bits per heavy atom. The Morgan fingerprint density at radius 2 is 2.00 bits per heavy atom. The van der Waals surface area contributed by atoms with Gasteiger partial charge in [0.05, 0.1) is 12.7 Å². The van der Waals surface area contributed by atoms with Crippen molar-refractivity contribution in [2.24, 2.45) is 0 Å². The molecule has 22 heavy (non-hydrogen) atoms. The summed E-state index contributed by atoms with van der Waals surface area (Å²) < 4.78 is 6.20. The van der Waals surface area contributed by atoms with Crippen molar-refractivity contribution in [3.63, 3.8) is 0 Å². The van der Waals surface area contributed by atoms with Crippen molar-refractivity contribution in [2.45, 2.75) is 22.3 Å². The fraction of sp³-hybridized carbons (Fsp3) is 0.333. The van der Waals surface area contributed by atoms with Crippen molar-refractivity contribution in [1.29, 1.82) is 0 Å². The van der Waals surface area contributed by atoms with Crippen LogP contribution < -0.4 is 0 Å². The van der Waals surface area contributed by atoms with Gasteiger partial charge in [-0.3, -0.25) is 0 Å². The molecule has 3 rings (SSSR count). The fourth-order valence-electron chi connectivity index (χ4n) is 2.60. The first kappa shape index (κ1) is 15.9. The first-order chi connectivity index (χ1) is 10.6. The van der Waals surface area contributed by atoms with Crippen LogP contribution in [-0.2, 0) is 11.2 Å². The van der Waals surface area contributed by atoms with Crippen LogP contribution >= 0.6 is 23.4 Å². The molecule has 1 heterocycles. The third kappa shape index (κ3) is 3.66. The zero-order chi connectivity index (χ0) is 15.5. The van der Waals surface area contributed by atoms with Crippen LogP contribution in [0.4, 0.5) is 0 Å². The predicted octanol–water partition coefficient (Wildman–Crippen LogP) is 4.67. The molecule has 1 aliphatic heterocycles. The number of hydrogen-bond acceptors (Lipinski definition) is 3. The molecular weight excluding hydrogens is 314 g/mol. The van der Waals surface area contributed by atoms with E-state index in [0.29, 0.717) is 0 Å². The van der Waals surface area contributed by atoms with E-state index in [1.54, 1.807) is 11.8 Å². The third-order valence-electron chi connectivity index (χ3n) is 3.77. The summed E-state index contributed by atoms with van der Waals surface area (Å²) in [6.07, 6.45) is 0.955. The summed E-state index contributed by atoms with van der Waals surface area (Å²) >= 11 is 7.98. The molecule has 0 aliphatic carbocycles. The lowest BCUT2D eigenvalue weighted by atomic mass is 10.0.